The molecule has 3 heteroatoms. The summed E-state index contributed by atoms with van der Waals surface area (Å²) in [7, 11) is 0. The Hall–Kier alpha value is -2.81. The standard InChI is InChI=1S/C18H15N3/c1-2-7-14-8-6-13-20-18(14)17-11-5-10-16(21-17)15-9-3-4-12-19-15/h2-6,8-13H,1,7H2. The summed E-state index contributed by atoms with van der Waals surface area (Å²) in [5.74, 6) is 0. The predicted molar refractivity (Wildman–Crippen MR) is 84.6 cm³/mol. The van der Waals surface area contributed by atoms with Crippen molar-refractivity contribution in [3.05, 3.63) is 79.1 Å². The minimum atomic E-state index is 0.776. The van der Waals surface area contributed by atoms with Crippen LogP contribution in [0.1, 0.15) is 5.56 Å². The highest BCUT2D eigenvalue weighted by molar-refractivity contribution is 5.64. The normalized spacial score (nSPS) is 10.3. The van der Waals surface area contributed by atoms with Gasteiger partial charge >= 0.3 is 0 Å². The Kier molecular flexibility index (Phi) is 3.83. The molecular weight excluding hydrogens is 258 g/mol. The van der Waals surface area contributed by atoms with E-state index in [4.69, 9.17) is 4.98 Å². The molecule has 0 aromatic carbocycles. The Morgan fingerprint density at radius 2 is 1.62 bits per heavy atom. The van der Waals surface area contributed by atoms with Gasteiger partial charge in [-0.25, -0.2) is 4.98 Å². The number of hydrogen-bond acceptors (Lipinski definition) is 3. The topological polar surface area (TPSA) is 38.7 Å². The molecule has 3 nitrogen and oxygen atoms in total. The van der Waals surface area contributed by atoms with Gasteiger partial charge in [0.1, 0.15) is 0 Å². The number of aromatic nitrogens is 3. The van der Waals surface area contributed by atoms with Crippen LogP contribution in [0.4, 0.5) is 0 Å². The zero-order valence-electron chi connectivity index (χ0n) is 11.6. The highest BCUT2D eigenvalue weighted by Crippen LogP contribution is 2.23. The number of allylic oxidation sites excluding steroid dienone is 1. The van der Waals surface area contributed by atoms with E-state index in [1.165, 1.54) is 0 Å². The van der Waals surface area contributed by atoms with Gasteiger partial charge in [-0.15, -0.1) is 6.58 Å². The minimum absolute atomic E-state index is 0.776. The fourth-order valence-electron chi connectivity index (χ4n) is 2.21. The van der Waals surface area contributed by atoms with Crippen molar-refractivity contribution in [2.24, 2.45) is 0 Å². The molecule has 3 aromatic rings. The summed E-state index contributed by atoms with van der Waals surface area (Å²) in [6.45, 7) is 3.80. The molecule has 0 spiro atoms. The largest absolute Gasteiger partial charge is 0.255 e. The molecule has 3 heterocycles. The number of pyridine rings is 3. The molecule has 0 fully saturated rings. The van der Waals surface area contributed by atoms with Crippen LogP contribution in [0, 0.1) is 0 Å². The molecule has 0 N–H and O–H groups in total. The van der Waals surface area contributed by atoms with Crippen molar-refractivity contribution < 1.29 is 0 Å². The Balaban J connectivity index is 2.06. The highest BCUT2D eigenvalue weighted by Gasteiger charge is 2.08. The summed E-state index contributed by atoms with van der Waals surface area (Å²) in [6.07, 6.45) is 6.21. The van der Waals surface area contributed by atoms with Gasteiger partial charge in [-0.1, -0.05) is 24.3 Å². The Bertz CT molecular complexity index is 751. The van der Waals surface area contributed by atoms with E-state index in [0.29, 0.717) is 0 Å². The molecule has 0 amide bonds. The second-order valence-electron chi connectivity index (χ2n) is 4.63. The summed E-state index contributed by atoms with van der Waals surface area (Å²) in [4.78, 5) is 13.5. The Morgan fingerprint density at radius 1 is 0.810 bits per heavy atom. The monoisotopic (exact) mass is 273 g/mol. The molecule has 0 atom stereocenters. The van der Waals surface area contributed by atoms with Gasteiger partial charge in [0.25, 0.3) is 0 Å². The van der Waals surface area contributed by atoms with Crippen LogP contribution < -0.4 is 0 Å². The average Bonchev–Trinajstić information content (AvgIpc) is 2.57. The average molecular weight is 273 g/mol. The molecule has 21 heavy (non-hydrogen) atoms. The number of rotatable bonds is 4. The van der Waals surface area contributed by atoms with E-state index < -0.39 is 0 Å². The van der Waals surface area contributed by atoms with Crippen molar-refractivity contribution in [2.45, 2.75) is 6.42 Å². The maximum absolute atomic E-state index is 4.70. The molecule has 0 aliphatic heterocycles. The van der Waals surface area contributed by atoms with Gasteiger partial charge in [0.15, 0.2) is 0 Å². The van der Waals surface area contributed by atoms with Crippen molar-refractivity contribution in [2.75, 3.05) is 0 Å². The minimum Gasteiger partial charge on any atom is -0.255 e. The lowest BCUT2D eigenvalue weighted by molar-refractivity contribution is 1.16. The second-order valence-corrected chi connectivity index (χ2v) is 4.63. The SMILES string of the molecule is C=CCc1cccnc1-c1cccc(-c2ccccn2)n1. The quantitative estimate of drug-likeness (QED) is 0.676. The zero-order chi connectivity index (χ0) is 14.5. The number of nitrogens with zero attached hydrogens (tertiary/aromatic N) is 3. The fourth-order valence-corrected chi connectivity index (χ4v) is 2.21. The van der Waals surface area contributed by atoms with Crippen LogP contribution >= 0.6 is 0 Å². The zero-order valence-corrected chi connectivity index (χ0v) is 11.6. The van der Waals surface area contributed by atoms with E-state index in [0.717, 1.165) is 34.8 Å². The van der Waals surface area contributed by atoms with Crippen molar-refractivity contribution in [1.82, 2.24) is 15.0 Å². The molecule has 0 aliphatic rings. The first-order valence-electron chi connectivity index (χ1n) is 6.82. The van der Waals surface area contributed by atoms with E-state index >= 15 is 0 Å². The maximum Gasteiger partial charge on any atom is 0.0921 e. The third-order valence-electron chi connectivity index (χ3n) is 3.17. The molecule has 0 saturated heterocycles. The first-order valence-corrected chi connectivity index (χ1v) is 6.82. The number of hydrogen-bond donors (Lipinski definition) is 0. The van der Waals surface area contributed by atoms with E-state index in [2.05, 4.69) is 22.6 Å². The summed E-state index contributed by atoms with van der Waals surface area (Å²) in [5, 5.41) is 0. The summed E-state index contributed by atoms with van der Waals surface area (Å²) >= 11 is 0. The van der Waals surface area contributed by atoms with Crippen LogP contribution in [0.5, 0.6) is 0 Å². The molecular formula is C18H15N3. The van der Waals surface area contributed by atoms with Crippen molar-refractivity contribution in [3.63, 3.8) is 0 Å². The lowest BCUT2D eigenvalue weighted by Crippen LogP contribution is -1.95. The van der Waals surface area contributed by atoms with Gasteiger partial charge < -0.3 is 0 Å². The summed E-state index contributed by atoms with van der Waals surface area (Å²) in [5.41, 5.74) is 4.59. The van der Waals surface area contributed by atoms with Crippen molar-refractivity contribution >= 4 is 0 Å². The van der Waals surface area contributed by atoms with Gasteiger partial charge in [0, 0.05) is 12.4 Å². The summed E-state index contributed by atoms with van der Waals surface area (Å²) < 4.78 is 0. The van der Waals surface area contributed by atoms with Gasteiger partial charge in [0.2, 0.25) is 0 Å². The molecule has 102 valence electrons. The van der Waals surface area contributed by atoms with Crippen LogP contribution in [0.2, 0.25) is 0 Å². The van der Waals surface area contributed by atoms with E-state index in [9.17, 15) is 0 Å². The molecule has 0 unspecified atom stereocenters. The molecule has 0 bridgehead atoms. The summed E-state index contributed by atoms with van der Waals surface area (Å²) in [6, 6.07) is 15.7. The van der Waals surface area contributed by atoms with Gasteiger partial charge in [-0.2, -0.15) is 0 Å². The Morgan fingerprint density at radius 3 is 2.43 bits per heavy atom. The second kappa shape index (κ2) is 6.09. The van der Waals surface area contributed by atoms with Gasteiger partial charge in [0.05, 0.1) is 22.8 Å². The first kappa shape index (κ1) is 13.2. The maximum atomic E-state index is 4.70. The van der Waals surface area contributed by atoms with Crippen LogP contribution in [-0.2, 0) is 6.42 Å². The van der Waals surface area contributed by atoms with E-state index in [1.807, 2.05) is 48.5 Å². The van der Waals surface area contributed by atoms with E-state index in [-0.39, 0.29) is 0 Å². The fraction of sp³-hybridized carbons (Fsp3) is 0.0556. The van der Waals surface area contributed by atoms with Crippen molar-refractivity contribution in [3.8, 4) is 22.8 Å². The predicted octanol–water partition coefficient (Wildman–Crippen LogP) is 3.93. The molecule has 0 saturated carbocycles. The van der Waals surface area contributed by atoms with Gasteiger partial charge in [-0.05, 0) is 42.3 Å². The van der Waals surface area contributed by atoms with Crippen LogP contribution in [-0.4, -0.2) is 15.0 Å². The molecule has 3 aromatic heterocycles. The third kappa shape index (κ3) is 2.87. The third-order valence-corrected chi connectivity index (χ3v) is 3.17. The van der Waals surface area contributed by atoms with Gasteiger partial charge in [-0.3, -0.25) is 9.97 Å². The van der Waals surface area contributed by atoms with Crippen LogP contribution in [0.15, 0.2) is 73.6 Å². The molecule has 0 aliphatic carbocycles. The molecule has 3 rings (SSSR count). The lowest BCUT2D eigenvalue weighted by atomic mass is 10.1. The Labute approximate surface area is 124 Å². The lowest BCUT2D eigenvalue weighted by Gasteiger charge is -2.07. The van der Waals surface area contributed by atoms with Crippen LogP contribution in [0.25, 0.3) is 22.8 Å². The first-order chi connectivity index (χ1) is 10.4. The van der Waals surface area contributed by atoms with Crippen LogP contribution in [0.3, 0.4) is 0 Å². The van der Waals surface area contributed by atoms with E-state index in [1.54, 1.807) is 12.4 Å². The van der Waals surface area contributed by atoms with Crippen molar-refractivity contribution in [1.29, 1.82) is 0 Å². The molecule has 0 radical (unpaired) electrons. The smallest absolute Gasteiger partial charge is 0.0921 e. The highest BCUT2D eigenvalue weighted by atomic mass is 14.8.